The second-order valence-corrected chi connectivity index (χ2v) is 5.06. The van der Waals surface area contributed by atoms with Gasteiger partial charge in [0.15, 0.2) is 0 Å². The summed E-state index contributed by atoms with van der Waals surface area (Å²) in [7, 11) is 0. The minimum atomic E-state index is -0.0882. The third-order valence-corrected chi connectivity index (χ3v) is 3.59. The fourth-order valence-electron chi connectivity index (χ4n) is 2.40. The lowest BCUT2D eigenvalue weighted by molar-refractivity contribution is 0.0942. The van der Waals surface area contributed by atoms with E-state index in [2.05, 4.69) is 17.0 Å². The lowest BCUT2D eigenvalue weighted by Crippen LogP contribution is -2.15. The molecule has 0 aliphatic heterocycles. The third kappa shape index (κ3) is 2.95. The van der Waals surface area contributed by atoms with Crippen molar-refractivity contribution < 1.29 is 4.79 Å². The SMILES string of the molecule is CCCCCc1c(C)nn(C(=O)c2ccncc2)c1C. The van der Waals surface area contributed by atoms with E-state index >= 15 is 0 Å². The maximum Gasteiger partial charge on any atom is 0.278 e. The maximum atomic E-state index is 12.4. The van der Waals surface area contributed by atoms with E-state index in [-0.39, 0.29) is 5.91 Å². The number of nitrogens with zero attached hydrogens (tertiary/aromatic N) is 3. The molecular formula is C16H21N3O. The van der Waals surface area contributed by atoms with Gasteiger partial charge in [-0.05, 0) is 44.4 Å². The van der Waals surface area contributed by atoms with E-state index in [1.807, 2.05) is 13.8 Å². The first-order valence-electron chi connectivity index (χ1n) is 7.15. The Balaban J connectivity index is 2.25. The summed E-state index contributed by atoms with van der Waals surface area (Å²) in [6.45, 7) is 6.14. The number of aryl methyl sites for hydroxylation is 1. The van der Waals surface area contributed by atoms with Gasteiger partial charge < -0.3 is 0 Å². The van der Waals surface area contributed by atoms with Gasteiger partial charge in [-0.2, -0.15) is 5.10 Å². The number of carbonyl (C=O) groups is 1. The highest BCUT2D eigenvalue weighted by Gasteiger charge is 2.17. The molecule has 0 N–H and O–H groups in total. The fraction of sp³-hybridized carbons (Fsp3) is 0.438. The van der Waals surface area contributed by atoms with Gasteiger partial charge in [-0.3, -0.25) is 9.78 Å². The molecule has 4 heteroatoms. The Morgan fingerprint density at radius 3 is 2.55 bits per heavy atom. The minimum absolute atomic E-state index is 0.0882. The molecule has 0 saturated carbocycles. The first-order valence-corrected chi connectivity index (χ1v) is 7.15. The number of unbranched alkanes of at least 4 members (excludes halogenated alkanes) is 2. The number of aromatic nitrogens is 3. The molecule has 2 rings (SSSR count). The van der Waals surface area contributed by atoms with Gasteiger partial charge in [0, 0.05) is 23.7 Å². The van der Waals surface area contributed by atoms with E-state index in [0.717, 1.165) is 24.2 Å². The molecule has 0 aromatic carbocycles. The normalized spacial score (nSPS) is 10.8. The van der Waals surface area contributed by atoms with E-state index < -0.39 is 0 Å². The van der Waals surface area contributed by atoms with E-state index in [1.165, 1.54) is 23.1 Å². The molecule has 0 bridgehead atoms. The Hall–Kier alpha value is -1.97. The molecule has 2 aromatic rings. The lowest BCUT2D eigenvalue weighted by Gasteiger charge is -2.04. The van der Waals surface area contributed by atoms with E-state index in [9.17, 15) is 4.79 Å². The molecular weight excluding hydrogens is 250 g/mol. The number of carbonyl (C=O) groups excluding carboxylic acids is 1. The summed E-state index contributed by atoms with van der Waals surface area (Å²) in [6.07, 6.45) is 7.80. The number of hydrogen-bond acceptors (Lipinski definition) is 3. The van der Waals surface area contributed by atoms with Crippen LogP contribution >= 0.6 is 0 Å². The second kappa shape index (κ2) is 6.46. The van der Waals surface area contributed by atoms with Crippen molar-refractivity contribution in [1.82, 2.24) is 14.8 Å². The van der Waals surface area contributed by atoms with Crippen LogP contribution in [0.2, 0.25) is 0 Å². The zero-order valence-corrected chi connectivity index (χ0v) is 12.4. The summed E-state index contributed by atoms with van der Waals surface area (Å²) >= 11 is 0. The molecule has 2 aromatic heterocycles. The molecule has 0 atom stereocenters. The summed E-state index contributed by atoms with van der Waals surface area (Å²) in [4.78, 5) is 16.4. The average molecular weight is 271 g/mol. The number of pyridine rings is 1. The van der Waals surface area contributed by atoms with Gasteiger partial charge in [0.1, 0.15) is 0 Å². The van der Waals surface area contributed by atoms with Gasteiger partial charge in [0.05, 0.1) is 5.69 Å². The van der Waals surface area contributed by atoms with Crippen LogP contribution in [0.25, 0.3) is 0 Å². The Morgan fingerprint density at radius 1 is 1.20 bits per heavy atom. The van der Waals surface area contributed by atoms with Crippen LogP contribution < -0.4 is 0 Å². The highest BCUT2D eigenvalue weighted by molar-refractivity contribution is 5.95. The summed E-state index contributed by atoms with van der Waals surface area (Å²) in [5.41, 5.74) is 3.74. The van der Waals surface area contributed by atoms with E-state index in [0.29, 0.717) is 5.56 Å². The fourth-order valence-corrected chi connectivity index (χ4v) is 2.40. The Bertz CT molecular complexity index is 587. The molecule has 0 aliphatic carbocycles. The molecule has 0 spiro atoms. The molecule has 20 heavy (non-hydrogen) atoms. The van der Waals surface area contributed by atoms with Crippen LogP contribution in [-0.2, 0) is 6.42 Å². The lowest BCUT2D eigenvalue weighted by atomic mass is 10.1. The van der Waals surface area contributed by atoms with Crippen LogP contribution in [0, 0.1) is 13.8 Å². The van der Waals surface area contributed by atoms with Gasteiger partial charge in [-0.1, -0.05) is 19.8 Å². The van der Waals surface area contributed by atoms with Crippen molar-refractivity contribution in [2.24, 2.45) is 0 Å². The minimum Gasteiger partial charge on any atom is -0.267 e. The van der Waals surface area contributed by atoms with Crippen molar-refractivity contribution in [3.05, 3.63) is 47.0 Å². The summed E-state index contributed by atoms with van der Waals surface area (Å²) in [5, 5.41) is 4.41. The van der Waals surface area contributed by atoms with E-state index in [1.54, 1.807) is 24.5 Å². The molecule has 106 valence electrons. The predicted molar refractivity (Wildman–Crippen MR) is 78.9 cm³/mol. The number of rotatable bonds is 5. The van der Waals surface area contributed by atoms with Crippen LogP contribution in [0.5, 0.6) is 0 Å². The first-order chi connectivity index (χ1) is 9.65. The van der Waals surface area contributed by atoms with Crippen LogP contribution in [0.3, 0.4) is 0 Å². The highest BCUT2D eigenvalue weighted by Crippen LogP contribution is 2.17. The Labute approximate surface area is 119 Å². The first kappa shape index (κ1) is 14.4. The van der Waals surface area contributed by atoms with Crippen molar-refractivity contribution >= 4 is 5.91 Å². The maximum absolute atomic E-state index is 12.4. The third-order valence-electron chi connectivity index (χ3n) is 3.59. The monoisotopic (exact) mass is 271 g/mol. The van der Waals surface area contributed by atoms with Gasteiger partial charge in [-0.15, -0.1) is 0 Å². The van der Waals surface area contributed by atoms with Gasteiger partial charge >= 0.3 is 0 Å². The smallest absolute Gasteiger partial charge is 0.267 e. The Kier molecular flexibility index (Phi) is 4.66. The molecule has 0 unspecified atom stereocenters. The number of hydrogen-bond donors (Lipinski definition) is 0. The van der Waals surface area contributed by atoms with E-state index in [4.69, 9.17) is 0 Å². The van der Waals surface area contributed by atoms with Crippen LogP contribution in [0.1, 0.15) is 53.5 Å². The molecule has 0 saturated heterocycles. The standard InChI is InChI=1S/C16H21N3O/c1-4-5-6-7-15-12(2)18-19(13(15)3)16(20)14-8-10-17-11-9-14/h8-11H,4-7H2,1-3H3. The molecule has 2 heterocycles. The quantitative estimate of drug-likeness (QED) is 0.784. The zero-order valence-electron chi connectivity index (χ0n) is 12.4. The predicted octanol–water partition coefficient (Wildman–Crippen LogP) is 3.32. The average Bonchev–Trinajstić information content (AvgIpc) is 2.75. The van der Waals surface area contributed by atoms with Gasteiger partial charge in [-0.25, -0.2) is 4.68 Å². The van der Waals surface area contributed by atoms with Crippen LogP contribution in [-0.4, -0.2) is 20.7 Å². The van der Waals surface area contributed by atoms with Crippen LogP contribution in [0.15, 0.2) is 24.5 Å². The summed E-state index contributed by atoms with van der Waals surface area (Å²) in [5.74, 6) is -0.0882. The molecule has 0 radical (unpaired) electrons. The summed E-state index contributed by atoms with van der Waals surface area (Å²) in [6, 6.07) is 3.44. The summed E-state index contributed by atoms with van der Waals surface area (Å²) < 4.78 is 1.52. The van der Waals surface area contributed by atoms with Crippen molar-refractivity contribution in [1.29, 1.82) is 0 Å². The highest BCUT2D eigenvalue weighted by atomic mass is 16.2. The van der Waals surface area contributed by atoms with Crippen molar-refractivity contribution in [2.75, 3.05) is 0 Å². The Morgan fingerprint density at radius 2 is 1.90 bits per heavy atom. The van der Waals surface area contributed by atoms with Crippen molar-refractivity contribution in [3.63, 3.8) is 0 Å². The van der Waals surface area contributed by atoms with Gasteiger partial charge in [0.25, 0.3) is 5.91 Å². The van der Waals surface area contributed by atoms with Crippen molar-refractivity contribution in [2.45, 2.75) is 46.5 Å². The molecule has 4 nitrogen and oxygen atoms in total. The van der Waals surface area contributed by atoms with Crippen molar-refractivity contribution in [3.8, 4) is 0 Å². The topological polar surface area (TPSA) is 47.8 Å². The van der Waals surface area contributed by atoms with Crippen LogP contribution in [0.4, 0.5) is 0 Å². The molecule has 0 fully saturated rings. The second-order valence-electron chi connectivity index (χ2n) is 5.06. The molecule has 0 aliphatic rings. The largest absolute Gasteiger partial charge is 0.278 e. The van der Waals surface area contributed by atoms with Gasteiger partial charge in [0.2, 0.25) is 0 Å². The zero-order chi connectivity index (χ0) is 14.5. The molecule has 0 amide bonds.